The predicted molar refractivity (Wildman–Crippen MR) is 97.5 cm³/mol. The number of Topliss-reactive ketones (excluding diaryl/α,β-unsaturated/α-hetero) is 1. The molecule has 2 aromatic rings. The highest BCUT2D eigenvalue weighted by atomic mass is 35.5. The molecule has 2 N–H and O–H groups in total. The zero-order valence-corrected chi connectivity index (χ0v) is 14.5. The van der Waals surface area contributed by atoms with Gasteiger partial charge in [-0.2, -0.15) is 0 Å². The van der Waals surface area contributed by atoms with Gasteiger partial charge in [0.1, 0.15) is 18.4 Å². The van der Waals surface area contributed by atoms with Crippen molar-refractivity contribution in [3.05, 3.63) is 70.2 Å². The molecule has 2 aromatic carbocycles. The highest BCUT2D eigenvalue weighted by Crippen LogP contribution is 2.26. The minimum Gasteiger partial charge on any atom is -0.323 e. The summed E-state index contributed by atoms with van der Waals surface area (Å²) in [4.78, 5) is 34.2. The summed E-state index contributed by atoms with van der Waals surface area (Å²) in [5.41, 5.74) is 8.69. The lowest BCUT2D eigenvalue weighted by molar-refractivity contribution is -0.125. The number of nitrogens with two attached hydrogens (primary N) is 1. The lowest BCUT2D eigenvalue weighted by atomic mass is 9.85. The first kappa shape index (κ1) is 19.0. The van der Waals surface area contributed by atoms with Crippen LogP contribution in [0.4, 0.5) is 0 Å². The van der Waals surface area contributed by atoms with Crippen LogP contribution in [-0.2, 0) is 27.2 Å². The molecule has 0 saturated carbocycles. The van der Waals surface area contributed by atoms with Gasteiger partial charge in [-0.15, -0.1) is 0 Å². The maximum Gasteiger partial charge on any atom is 0.142 e. The van der Waals surface area contributed by atoms with Gasteiger partial charge in [0.15, 0.2) is 0 Å². The molecular formula is C20H20ClNO3. The molecule has 5 heteroatoms. The molecule has 25 heavy (non-hydrogen) atoms. The number of rotatable bonds is 9. The summed E-state index contributed by atoms with van der Waals surface area (Å²) < 4.78 is 0. The molecule has 0 heterocycles. The van der Waals surface area contributed by atoms with E-state index in [9.17, 15) is 14.4 Å². The largest absolute Gasteiger partial charge is 0.323 e. The minimum absolute atomic E-state index is 0.0652. The van der Waals surface area contributed by atoms with E-state index in [2.05, 4.69) is 0 Å². The van der Waals surface area contributed by atoms with Crippen LogP contribution in [0.5, 0.6) is 0 Å². The standard InChI is InChI=1S/C20H20ClNO3/c21-17-3-1-2-16(13-17)20(22)18(9-11-24)19(25)12-15-6-4-14(5-7-15)8-10-23/h1-7,10-11,13,18,20H,8-9,12,22H2. The van der Waals surface area contributed by atoms with Gasteiger partial charge in [0, 0.05) is 36.2 Å². The fourth-order valence-electron chi connectivity index (χ4n) is 2.75. The fraction of sp³-hybridized carbons (Fsp3) is 0.250. The van der Waals surface area contributed by atoms with Crippen molar-refractivity contribution in [3.8, 4) is 0 Å². The highest BCUT2D eigenvalue weighted by Gasteiger charge is 2.26. The first-order chi connectivity index (χ1) is 12.0. The number of hydrogen-bond acceptors (Lipinski definition) is 4. The van der Waals surface area contributed by atoms with Gasteiger partial charge in [-0.3, -0.25) is 4.79 Å². The Kier molecular flexibility index (Phi) is 7.04. The number of carbonyl (C=O) groups excluding carboxylic acids is 3. The quantitative estimate of drug-likeness (QED) is 0.699. The number of benzene rings is 2. The van der Waals surface area contributed by atoms with E-state index in [1.165, 1.54) is 0 Å². The third-order valence-corrected chi connectivity index (χ3v) is 4.39. The summed E-state index contributed by atoms with van der Waals surface area (Å²) in [6.07, 6.45) is 2.16. The second-order valence-electron chi connectivity index (χ2n) is 5.92. The van der Waals surface area contributed by atoms with Gasteiger partial charge in [0.2, 0.25) is 0 Å². The van der Waals surface area contributed by atoms with Gasteiger partial charge in [-0.25, -0.2) is 0 Å². The number of halogens is 1. The molecule has 2 atom stereocenters. The molecule has 0 aliphatic carbocycles. The van der Waals surface area contributed by atoms with Crippen molar-refractivity contribution in [1.29, 1.82) is 0 Å². The minimum atomic E-state index is -0.606. The topological polar surface area (TPSA) is 77.2 Å². The molecule has 0 saturated heterocycles. The van der Waals surface area contributed by atoms with Crippen LogP contribution < -0.4 is 5.73 Å². The summed E-state index contributed by atoms with van der Waals surface area (Å²) in [6, 6.07) is 13.7. The maximum atomic E-state index is 12.7. The Hall–Kier alpha value is -2.30. The van der Waals surface area contributed by atoms with Gasteiger partial charge in [0.05, 0.1) is 0 Å². The van der Waals surface area contributed by atoms with E-state index < -0.39 is 12.0 Å². The van der Waals surface area contributed by atoms with Gasteiger partial charge in [-0.05, 0) is 28.8 Å². The van der Waals surface area contributed by atoms with E-state index in [-0.39, 0.29) is 18.6 Å². The molecule has 2 unspecified atom stereocenters. The molecule has 0 fully saturated rings. The van der Waals surface area contributed by atoms with Crippen molar-refractivity contribution in [1.82, 2.24) is 0 Å². The Morgan fingerprint density at radius 2 is 1.72 bits per heavy atom. The third kappa shape index (κ3) is 5.34. The van der Waals surface area contributed by atoms with Crippen LogP contribution in [0.3, 0.4) is 0 Å². The van der Waals surface area contributed by atoms with Crippen LogP contribution in [0.25, 0.3) is 0 Å². The van der Waals surface area contributed by atoms with E-state index in [0.29, 0.717) is 11.4 Å². The maximum absolute atomic E-state index is 12.7. The van der Waals surface area contributed by atoms with E-state index in [0.717, 1.165) is 29.3 Å². The van der Waals surface area contributed by atoms with Gasteiger partial charge >= 0.3 is 0 Å². The average molecular weight is 358 g/mol. The molecule has 0 aliphatic heterocycles. The van der Waals surface area contributed by atoms with Crippen LogP contribution in [-0.4, -0.2) is 18.4 Å². The van der Waals surface area contributed by atoms with Crippen molar-refractivity contribution < 1.29 is 14.4 Å². The normalized spacial score (nSPS) is 13.0. The van der Waals surface area contributed by atoms with E-state index in [4.69, 9.17) is 17.3 Å². The van der Waals surface area contributed by atoms with Crippen LogP contribution in [0, 0.1) is 5.92 Å². The van der Waals surface area contributed by atoms with Crippen molar-refractivity contribution in [2.75, 3.05) is 0 Å². The number of carbonyl (C=O) groups is 3. The SMILES string of the molecule is NC(c1cccc(Cl)c1)C(CC=O)C(=O)Cc1ccc(CC=O)cc1. The molecular weight excluding hydrogens is 338 g/mol. The van der Waals surface area contributed by atoms with Crippen molar-refractivity contribution in [3.63, 3.8) is 0 Å². The Labute approximate surface area is 152 Å². The molecule has 0 aromatic heterocycles. The lowest BCUT2D eigenvalue weighted by Crippen LogP contribution is -2.30. The van der Waals surface area contributed by atoms with E-state index >= 15 is 0 Å². The van der Waals surface area contributed by atoms with Gasteiger partial charge < -0.3 is 15.3 Å². The van der Waals surface area contributed by atoms with Crippen molar-refractivity contribution in [2.24, 2.45) is 11.7 Å². The molecule has 0 radical (unpaired) electrons. The summed E-state index contributed by atoms with van der Waals surface area (Å²) in [7, 11) is 0. The Bertz CT molecular complexity index is 743. The highest BCUT2D eigenvalue weighted by molar-refractivity contribution is 6.30. The van der Waals surface area contributed by atoms with E-state index in [1.54, 1.807) is 24.3 Å². The van der Waals surface area contributed by atoms with Crippen LogP contribution in [0.15, 0.2) is 48.5 Å². The van der Waals surface area contributed by atoms with Crippen molar-refractivity contribution in [2.45, 2.75) is 25.3 Å². The first-order valence-corrected chi connectivity index (χ1v) is 8.41. The van der Waals surface area contributed by atoms with Gasteiger partial charge in [-0.1, -0.05) is 48.0 Å². The number of ketones is 1. The molecule has 2 rings (SSSR count). The Morgan fingerprint density at radius 3 is 2.32 bits per heavy atom. The molecule has 0 bridgehead atoms. The summed E-state index contributed by atoms with van der Waals surface area (Å²) in [5.74, 6) is -0.701. The van der Waals surface area contributed by atoms with Crippen LogP contribution >= 0.6 is 11.6 Å². The monoisotopic (exact) mass is 357 g/mol. The average Bonchev–Trinajstić information content (AvgIpc) is 2.61. The molecule has 0 amide bonds. The summed E-state index contributed by atoms with van der Waals surface area (Å²) in [6.45, 7) is 0. The number of aldehydes is 2. The fourth-order valence-corrected chi connectivity index (χ4v) is 2.95. The first-order valence-electron chi connectivity index (χ1n) is 8.04. The molecule has 0 aliphatic rings. The van der Waals surface area contributed by atoms with Crippen LogP contribution in [0.1, 0.15) is 29.2 Å². The predicted octanol–water partition coefficient (Wildman–Crippen LogP) is 3.10. The second-order valence-corrected chi connectivity index (χ2v) is 6.36. The van der Waals surface area contributed by atoms with Gasteiger partial charge in [0.25, 0.3) is 0 Å². The lowest BCUT2D eigenvalue weighted by Gasteiger charge is -2.21. The van der Waals surface area contributed by atoms with Crippen LogP contribution in [0.2, 0.25) is 5.02 Å². The summed E-state index contributed by atoms with van der Waals surface area (Å²) in [5, 5.41) is 0.538. The zero-order valence-electron chi connectivity index (χ0n) is 13.7. The molecule has 4 nitrogen and oxygen atoms in total. The third-order valence-electron chi connectivity index (χ3n) is 4.15. The second kappa shape index (κ2) is 9.25. The molecule has 130 valence electrons. The Balaban J connectivity index is 2.14. The smallest absolute Gasteiger partial charge is 0.142 e. The molecule has 0 spiro atoms. The number of hydrogen-bond donors (Lipinski definition) is 1. The zero-order chi connectivity index (χ0) is 18.2. The van der Waals surface area contributed by atoms with E-state index in [1.807, 2.05) is 24.3 Å². The Morgan fingerprint density at radius 1 is 1.04 bits per heavy atom. The summed E-state index contributed by atoms with van der Waals surface area (Å²) >= 11 is 5.99. The van der Waals surface area contributed by atoms with Crippen molar-refractivity contribution >= 4 is 30.0 Å².